The highest BCUT2D eigenvalue weighted by Gasteiger charge is 2.47. The molecule has 0 aromatic heterocycles. The molecule has 3 aromatic rings. The Kier molecular flexibility index (Phi) is 8.66. The van der Waals surface area contributed by atoms with Crippen LogP contribution in [0.25, 0.3) is 0 Å². The Morgan fingerprint density at radius 1 is 0.864 bits per heavy atom. The van der Waals surface area contributed by atoms with Crippen molar-refractivity contribution in [3.8, 4) is 0 Å². The van der Waals surface area contributed by atoms with Gasteiger partial charge in [-0.15, -0.1) is 0 Å². The number of carbonyl (C=O) groups excluding carboxylic acids is 3. The van der Waals surface area contributed by atoms with Crippen LogP contribution in [0.5, 0.6) is 0 Å². The van der Waals surface area contributed by atoms with Crippen molar-refractivity contribution in [2.75, 3.05) is 38.0 Å². The summed E-state index contributed by atoms with van der Waals surface area (Å²) in [5, 5.41) is 4.00. The summed E-state index contributed by atoms with van der Waals surface area (Å²) in [4.78, 5) is 44.6. The molecular weight excluding hydrogens is 572 g/mol. The number of nitrogens with zero attached hydrogens (tertiary/aromatic N) is 3. The van der Waals surface area contributed by atoms with E-state index < -0.39 is 5.60 Å². The minimum atomic E-state index is -0.503. The molecule has 8 nitrogen and oxygen atoms in total. The molecule has 0 bridgehead atoms. The number of ether oxygens (including phenoxy) is 1. The highest BCUT2D eigenvalue weighted by Crippen LogP contribution is 2.34. The first kappa shape index (κ1) is 29.8. The molecule has 3 fully saturated rings. The summed E-state index contributed by atoms with van der Waals surface area (Å²) in [5.74, 6) is 0.0863. The van der Waals surface area contributed by atoms with Crippen LogP contribution in [-0.4, -0.2) is 75.9 Å². The molecule has 9 heteroatoms. The van der Waals surface area contributed by atoms with Crippen molar-refractivity contribution < 1.29 is 19.1 Å². The van der Waals surface area contributed by atoms with Gasteiger partial charge in [0.25, 0.3) is 5.91 Å². The quantitative estimate of drug-likeness (QED) is 0.274. The summed E-state index contributed by atoms with van der Waals surface area (Å²) < 4.78 is 5.94. The first-order chi connectivity index (χ1) is 21.3. The third-order valence-electron chi connectivity index (χ3n) is 9.09. The SMILES string of the molecule is Cc1ccc(NC(=S)N2CCC3(CC2)CN(Cc2ccc(C(=O)N4CCC(C(=O)c5ccccc5)CC4)cc2)C(=O)O3)cc1. The van der Waals surface area contributed by atoms with E-state index in [1.165, 1.54) is 5.56 Å². The van der Waals surface area contributed by atoms with E-state index in [-0.39, 0.29) is 23.7 Å². The van der Waals surface area contributed by atoms with Crippen molar-refractivity contribution in [3.05, 3.63) is 101 Å². The van der Waals surface area contributed by atoms with Gasteiger partial charge in [-0.3, -0.25) is 14.5 Å². The molecule has 3 aromatic carbocycles. The average Bonchev–Trinajstić information content (AvgIpc) is 3.35. The number of likely N-dealkylation sites (tertiary alicyclic amines) is 2. The first-order valence-corrected chi connectivity index (χ1v) is 15.8. The molecule has 3 aliphatic rings. The number of aryl methyl sites for hydroxylation is 1. The zero-order chi connectivity index (χ0) is 30.7. The van der Waals surface area contributed by atoms with Crippen molar-refractivity contribution in [2.45, 2.75) is 44.8 Å². The number of anilines is 1. The van der Waals surface area contributed by atoms with E-state index in [0.717, 1.165) is 16.8 Å². The molecule has 0 unspecified atom stereocenters. The van der Waals surface area contributed by atoms with Gasteiger partial charge in [0, 0.05) is 68.3 Å². The van der Waals surface area contributed by atoms with E-state index in [1.807, 2.05) is 71.6 Å². The third-order valence-corrected chi connectivity index (χ3v) is 9.45. The second-order valence-electron chi connectivity index (χ2n) is 12.2. The summed E-state index contributed by atoms with van der Waals surface area (Å²) >= 11 is 5.65. The standard InChI is InChI=1S/C35H38N4O4S/c1-25-7-13-30(14-8-25)36-33(44)38-21-17-35(18-22-38)24-39(34(42)43-35)23-26-9-11-29(12-10-26)32(41)37-19-15-28(16-20-37)31(40)27-5-3-2-4-6-27/h2-14,28H,15-24H2,1H3,(H,36,44). The Bertz CT molecular complexity index is 1510. The summed E-state index contributed by atoms with van der Waals surface area (Å²) in [6, 6.07) is 25.0. The monoisotopic (exact) mass is 610 g/mol. The van der Waals surface area contributed by atoms with Gasteiger partial charge < -0.3 is 19.9 Å². The minimum absolute atomic E-state index is 0.0248. The number of piperidine rings is 2. The summed E-state index contributed by atoms with van der Waals surface area (Å²) in [6.07, 6.45) is 2.47. The molecule has 1 spiro atoms. The molecule has 0 radical (unpaired) electrons. The van der Waals surface area contributed by atoms with E-state index in [2.05, 4.69) is 29.3 Å². The van der Waals surface area contributed by atoms with Crippen LogP contribution in [0.3, 0.4) is 0 Å². The molecule has 0 atom stereocenters. The summed E-state index contributed by atoms with van der Waals surface area (Å²) in [5.41, 5.74) is 3.96. The van der Waals surface area contributed by atoms with Crippen LogP contribution < -0.4 is 5.32 Å². The Hall–Kier alpha value is -4.24. The molecule has 3 heterocycles. The Labute approximate surface area is 264 Å². The van der Waals surface area contributed by atoms with Gasteiger partial charge in [-0.2, -0.15) is 0 Å². The number of carbonyl (C=O) groups is 3. The normalized spacial score (nSPS) is 18.3. The number of ketones is 1. The van der Waals surface area contributed by atoms with Gasteiger partial charge in [0.2, 0.25) is 0 Å². The second kappa shape index (κ2) is 12.8. The number of hydrogen-bond donors (Lipinski definition) is 1. The first-order valence-electron chi connectivity index (χ1n) is 15.4. The van der Waals surface area contributed by atoms with Crippen LogP contribution in [0.4, 0.5) is 10.5 Å². The Morgan fingerprint density at radius 2 is 1.52 bits per heavy atom. The van der Waals surface area contributed by atoms with Gasteiger partial charge >= 0.3 is 6.09 Å². The number of Topliss-reactive ketones (excluding diaryl/α,β-unsaturated/α-hetero) is 1. The highest BCUT2D eigenvalue weighted by molar-refractivity contribution is 7.80. The van der Waals surface area contributed by atoms with Gasteiger partial charge in [0.05, 0.1) is 6.54 Å². The van der Waals surface area contributed by atoms with Gasteiger partial charge in [-0.1, -0.05) is 60.2 Å². The molecule has 2 amide bonds. The molecule has 228 valence electrons. The van der Waals surface area contributed by atoms with Crippen LogP contribution in [0, 0.1) is 12.8 Å². The highest BCUT2D eigenvalue weighted by atomic mass is 32.1. The van der Waals surface area contributed by atoms with Crippen molar-refractivity contribution in [1.29, 1.82) is 0 Å². The van der Waals surface area contributed by atoms with Gasteiger partial charge in [-0.25, -0.2) is 4.79 Å². The lowest BCUT2D eigenvalue weighted by Gasteiger charge is -2.38. The fraction of sp³-hybridized carbons (Fsp3) is 0.371. The number of hydrogen-bond acceptors (Lipinski definition) is 5. The fourth-order valence-corrected chi connectivity index (χ4v) is 6.67. The maximum atomic E-state index is 13.2. The molecule has 3 aliphatic heterocycles. The number of thiocarbonyl (C=S) groups is 1. The largest absolute Gasteiger partial charge is 0.441 e. The Morgan fingerprint density at radius 3 is 2.18 bits per heavy atom. The van der Waals surface area contributed by atoms with Crippen LogP contribution in [0.1, 0.15) is 57.5 Å². The van der Waals surface area contributed by atoms with E-state index in [4.69, 9.17) is 17.0 Å². The predicted octanol–water partition coefficient (Wildman–Crippen LogP) is 5.91. The topological polar surface area (TPSA) is 82.2 Å². The molecule has 6 rings (SSSR count). The van der Waals surface area contributed by atoms with Crippen molar-refractivity contribution >= 4 is 40.8 Å². The van der Waals surface area contributed by atoms with Gasteiger partial charge in [0.15, 0.2) is 10.9 Å². The zero-order valence-electron chi connectivity index (χ0n) is 25.0. The summed E-state index contributed by atoms with van der Waals surface area (Å²) in [6.45, 7) is 5.58. The van der Waals surface area contributed by atoms with E-state index in [1.54, 1.807) is 4.90 Å². The van der Waals surface area contributed by atoms with E-state index in [9.17, 15) is 14.4 Å². The van der Waals surface area contributed by atoms with Crippen LogP contribution >= 0.6 is 12.2 Å². The molecule has 0 saturated carbocycles. The molecule has 0 aliphatic carbocycles. The number of amides is 2. The summed E-state index contributed by atoms with van der Waals surface area (Å²) in [7, 11) is 0. The fourth-order valence-electron chi connectivity index (χ4n) is 6.37. The zero-order valence-corrected chi connectivity index (χ0v) is 25.9. The van der Waals surface area contributed by atoms with Crippen LogP contribution in [-0.2, 0) is 11.3 Å². The minimum Gasteiger partial charge on any atom is -0.441 e. The number of nitrogens with one attached hydrogen (secondary N) is 1. The number of benzene rings is 3. The maximum absolute atomic E-state index is 13.2. The lowest BCUT2D eigenvalue weighted by atomic mass is 9.88. The van der Waals surface area contributed by atoms with Crippen LogP contribution in [0.2, 0.25) is 0 Å². The molecule has 44 heavy (non-hydrogen) atoms. The lowest BCUT2D eigenvalue weighted by Crippen LogP contribution is -2.49. The average molecular weight is 611 g/mol. The second-order valence-corrected chi connectivity index (χ2v) is 12.6. The van der Waals surface area contributed by atoms with E-state index in [0.29, 0.717) is 75.6 Å². The predicted molar refractivity (Wildman–Crippen MR) is 174 cm³/mol. The lowest BCUT2D eigenvalue weighted by molar-refractivity contribution is 0.0151. The van der Waals surface area contributed by atoms with Gasteiger partial charge in [0.1, 0.15) is 5.60 Å². The third kappa shape index (κ3) is 6.63. The van der Waals surface area contributed by atoms with Crippen molar-refractivity contribution in [3.63, 3.8) is 0 Å². The number of rotatable bonds is 6. The smallest absolute Gasteiger partial charge is 0.410 e. The molecule has 3 saturated heterocycles. The van der Waals surface area contributed by atoms with E-state index >= 15 is 0 Å². The van der Waals surface area contributed by atoms with Crippen molar-refractivity contribution in [1.82, 2.24) is 14.7 Å². The Balaban J connectivity index is 0.977. The van der Waals surface area contributed by atoms with Gasteiger partial charge in [-0.05, 0) is 61.8 Å². The molecule has 1 N–H and O–H groups in total. The van der Waals surface area contributed by atoms with Crippen LogP contribution in [0.15, 0.2) is 78.9 Å². The van der Waals surface area contributed by atoms with Crippen molar-refractivity contribution in [2.24, 2.45) is 5.92 Å². The maximum Gasteiger partial charge on any atom is 0.410 e. The molecular formula is C35H38N4O4S.